The molecular formula is C74H139NO10. The van der Waals surface area contributed by atoms with Gasteiger partial charge in [0, 0.05) is 6.42 Å². The summed E-state index contributed by atoms with van der Waals surface area (Å²) in [5.41, 5.74) is 0. The van der Waals surface area contributed by atoms with Gasteiger partial charge in [0.15, 0.2) is 12.4 Å². The van der Waals surface area contributed by atoms with Crippen molar-refractivity contribution in [3.05, 3.63) is 36.5 Å². The summed E-state index contributed by atoms with van der Waals surface area (Å²) in [5.74, 6) is -1.19. The first-order chi connectivity index (χ1) is 41.7. The maximum absolute atomic E-state index is 13.5. The zero-order valence-corrected chi connectivity index (χ0v) is 55.8. The van der Waals surface area contributed by atoms with Gasteiger partial charge in [-0.15, -0.1) is 0 Å². The highest BCUT2D eigenvalue weighted by molar-refractivity contribution is 5.80. The quantitative estimate of drug-likeness (QED) is 0.0195. The molecule has 6 N–H and O–H groups in total. The van der Waals surface area contributed by atoms with Gasteiger partial charge >= 0.3 is 5.97 Å². The molecule has 1 fully saturated rings. The first-order valence-electron chi connectivity index (χ1n) is 36.8. The van der Waals surface area contributed by atoms with E-state index < -0.39 is 67.4 Å². The number of allylic oxidation sites excluding steroid dienone is 5. The first kappa shape index (κ1) is 80.9. The molecule has 500 valence electrons. The van der Waals surface area contributed by atoms with Crippen molar-refractivity contribution in [2.75, 3.05) is 13.2 Å². The van der Waals surface area contributed by atoms with Crippen molar-refractivity contribution in [1.29, 1.82) is 0 Å². The highest BCUT2D eigenvalue weighted by Gasteiger charge is 2.47. The van der Waals surface area contributed by atoms with Crippen molar-refractivity contribution in [2.24, 2.45) is 0 Å². The highest BCUT2D eigenvalue weighted by atomic mass is 16.7. The third-order valence-electron chi connectivity index (χ3n) is 17.5. The van der Waals surface area contributed by atoms with E-state index in [4.69, 9.17) is 14.2 Å². The second-order valence-electron chi connectivity index (χ2n) is 25.7. The van der Waals surface area contributed by atoms with Crippen molar-refractivity contribution >= 4 is 11.9 Å². The van der Waals surface area contributed by atoms with Crippen molar-refractivity contribution in [2.45, 2.75) is 410 Å². The Morgan fingerprint density at radius 3 is 1.22 bits per heavy atom. The predicted molar refractivity (Wildman–Crippen MR) is 357 cm³/mol. The maximum Gasteiger partial charge on any atom is 0.306 e. The lowest BCUT2D eigenvalue weighted by Crippen LogP contribution is -2.61. The number of aliphatic hydroxyl groups excluding tert-OH is 5. The number of ether oxygens (including phenoxy) is 3. The molecule has 0 aromatic rings. The molecule has 1 rings (SSSR count). The molecule has 0 aromatic heterocycles. The monoisotopic (exact) mass is 1200 g/mol. The summed E-state index contributed by atoms with van der Waals surface area (Å²) >= 11 is 0. The Labute approximate surface area is 523 Å². The molecule has 0 aromatic carbocycles. The summed E-state index contributed by atoms with van der Waals surface area (Å²) in [6.07, 6.45) is 66.3. The normalized spacial score (nSPS) is 18.5. The van der Waals surface area contributed by atoms with Crippen LogP contribution in [0.3, 0.4) is 0 Å². The molecule has 1 amide bonds. The Kier molecular flexibility index (Phi) is 59.1. The van der Waals surface area contributed by atoms with E-state index in [9.17, 15) is 35.1 Å². The van der Waals surface area contributed by atoms with E-state index >= 15 is 0 Å². The minimum atomic E-state index is -1.61. The maximum atomic E-state index is 13.5. The Bertz CT molecular complexity index is 1520. The first-order valence-corrected chi connectivity index (χ1v) is 36.8. The number of esters is 1. The Balaban J connectivity index is 2.52. The number of hydrogen-bond donors (Lipinski definition) is 6. The number of carbonyl (C=O) groups is 2. The van der Waals surface area contributed by atoms with Crippen LogP contribution in [0.1, 0.15) is 361 Å². The van der Waals surface area contributed by atoms with Gasteiger partial charge in [0.05, 0.1) is 25.4 Å². The molecule has 85 heavy (non-hydrogen) atoms. The van der Waals surface area contributed by atoms with Crippen LogP contribution in [0.25, 0.3) is 0 Å². The molecule has 1 aliphatic heterocycles. The van der Waals surface area contributed by atoms with Gasteiger partial charge in [-0.05, 0) is 57.8 Å². The van der Waals surface area contributed by atoms with Gasteiger partial charge in [-0.3, -0.25) is 9.59 Å². The van der Waals surface area contributed by atoms with Gasteiger partial charge < -0.3 is 45.1 Å². The lowest BCUT2D eigenvalue weighted by atomic mass is 9.99. The fourth-order valence-corrected chi connectivity index (χ4v) is 11.7. The standard InChI is InChI=1S/C74H139NO10/c1-4-7-10-13-16-19-22-25-27-29-30-31-32-33-34-35-36-37-38-39-41-44-47-50-53-56-59-62-69(79)85-72-71(81)70(80)68(63-76)84-74(72)83-64-65(66(77)60-57-54-51-48-45-42-24-21-18-15-12-9-6-3)75-73(82)67(78)61-58-55-52-49-46-43-40-28-26-23-20-17-14-11-8-5-2/h17,20,26,28,57,60,65-68,70-72,74,76-78,80-81H,4-16,18-19,21-25,27,29-56,58-59,61-64H2,1-3H3,(H,75,82)/b20-17-,28-26-,60-57+. The average Bonchev–Trinajstić information content (AvgIpc) is 3.13. The molecule has 11 heteroatoms. The average molecular weight is 1200 g/mol. The summed E-state index contributed by atoms with van der Waals surface area (Å²) in [6, 6.07) is -1.03. The Morgan fingerprint density at radius 1 is 0.459 bits per heavy atom. The second-order valence-corrected chi connectivity index (χ2v) is 25.7. The predicted octanol–water partition coefficient (Wildman–Crippen LogP) is 19.0. The highest BCUT2D eigenvalue weighted by Crippen LogP contribution is 2.27. The zero-order chi connectivity index (χ0) is 61.7. The number of amides is 1. The molecule has 1 heterocycles. The molecular weight excluding hydrogens is 1060 g/mol. The Hall–Kier alpha value is -2.12. The molecule has 11 nitrogen and oxygen atoms in total. The minimum absolute atomic E-state index is 0.128. The van der Waals surface area contributed by atoms with Crippen LogP contribution in [0, 0.1) is 0 Å². The molecule has 8 unspecified atom stereocenters. The largest absolute Gasteiger partial charge is 0.454 e. The molecule has 1 aliphatic rings. The summed E-state index contributed by atoms with van der Waals surface area (Å²) in [7, 11) is 0. The lowest BCUT2D eigenvalue weighted by Gasteiger charge is -2.41. The van der Waals surface area contributed by atoms with Crippen LogP contribution >= 0.6 is 0 Å². The van der Waals surface area contributed by atoms with Gasteiger partial charge in [0.2, 0.25) is 5.91 Å². The molecule has 0 radical (unpaired) electrons. The molecule has 0 saturated carbocycles. The zero-order valence-electron chi connectivity index (χ0n) is 55.8. The van der Waals surface area contributed by atoms with Crippen LogP contribution in [0.4, 0.5) is 0 Å². The van der Waals surface area contributed by atoms with Gasteiger partial charge in [-0.25, -0.2) is 0 Å². The second kappa shape index (κ2) is 62.1. The molecule has 0 aliphatic carbocycles. The van der Waals surface area contributed by atoms with E-state index in [2.05, 4.69) is 50.4 Å². The summed E-state index contributed by atoms with van der Waals surface area (Å²) in [5, 5.41) is 57.2. The fourth-order valence-electron chi connectivity index (χ4n) is 11.7. The summed E-state index contributed by atoms with van der Waals surface area (Å²) < 4.78 is 17.7. The topological polar surface area (TPSA) is 175 Å². The number of hydrogen-bond acceptors (Lipinski definition) is 10. The molecule has 0 spiro atoms. The molecule has 1 saturated heterocycles. The van der Waals surface area contributed by atoms with Crippen LogP contribution in [0.5, 0.6) is 0 Å². The van der Waals surface area contributed by atoms with Gasteiger partial charge in [0.25, 0.3) is 0 Å². The van der Waals surface area contributed by atoms with Crippen LogP contribution in [0.2, 0.25) is 0 Å². The van der Waals surface area contributed by atoms with E-state index in [1.807, 2.05) is 6.08 Å². The van der Waals surface area contributed by atoms with Crippen LogP contribution in [0.15, 0.2) is 36.5 Å². The van der Waals surface area contributed by atoms with Crippen LogP contribution < -0.4 is 5.32 Å². The van der Waals surface area contributed by atoms with E-state index in [0.717, 1.165) is 83.5 Å². The third kappa shape index (κ3) is 49.4. The van der Waals surface area contributed by atoms with Gasteiger partial charge in [-0.1, -0.05) is 333 Å². The van der Waals surface area contributed by atoms with E-state index in [-0.39, 0.29) is 19.4 Å². The SMILES string of the molecule is CCCCC/C=C\C/C=C\CCCCCCCCC(O)C(=O)NC(COC1OC(CO)C(O)C(O)C1OC(=O)CCCCCCCCCCCCCCCCCCCCCCCCCCCCC)C(O)/C=C/CCCCCCCCCCCCC. The van der Waals surface area contributed by atoms with Crippen LogP contribution in [-0.4, -0.2) is 99.6 Å². The number of rotatable bonds is 64. The number of aliphatic hydroxyl groups is 5. The van der Waals surface area contributed by atoms with Gasteiger partial charge in [0.1, 0.15) is 24.4 Å². The summed E-state index contributed by atoms with van der Waals surface area (Å²) in [6.45, 7) is 5.82. The fraction of sp³-hybridized carbons (Fsp3) is 0.892. The van der Waals surface area contributed by atoms with E-state index in [1.54, 1.807) is 6.08 Å². The van der Waals surface area contributed by atoms with Crippen molar-refractivity contribution in [3.63, 3.8) is 0 Å². The lowest BCUT2D eigenvalue weighted by molar-refractivity contribution is -0.305. The smallest absolute Gasteiger partial charge is 0.306 e. The minimum Gasteiger partial charge on any atom is -0.454 e. The van der Waals surface area contributed by atoms with Crippen LogP contribution in [-0.2, 0) is 23.8 Å². The number of nitrogens with one attached hydrogen (secondary N) is 1. The molecule has 8 atom stereocenters. The molecule has 0 bridgehead atoms. The van der Waals surface area contributed by atoms with E-state index in [1.165, 1.54) is 231 Å². The number of carbonyl (C=O) groups excluding carboxylic acids is 2. The number of unbranched alkanes of at least 4 members (excludes halogenated alkanes) is 46. The van der Waals surface area contributed by atoms with Crippen molar-refractivity contribution in [3.8, 4) is 0 Å². The summed E-state index contributed by atoms with van der Waals surface area (Å²) in [4.78, 5) is 26.7. The van der Waals surface area contributed by atoms with Crippen molar-refractivity contribution in [1.82, 2.24) is 5.32 Å². The third-order valence-corrected chi connectivity index (χ3v) is 17.5. The van der Waals surface area contributed by atoms with E-state index in [0.29, 0.717) is 12.8 Å². The van der Waals surface area contributed by atoms with Crippen molar-refractivity contribution < 1.29 is 49.3 Å². The Morgan fingerprint density at radius 2 is 0.812 bits per heavy atom. The van der Waals surface area contributed by atoms with Gasteiger partial charge in [-0.2, -0.15) is 0 Å².